The summed E-state index contributed by atoms with van der Waals surface area (Å²) >= 11 is 3.58. The largest absolute Gasteiger partial charge is 0.293 e. The number of benzene rings is 1. The number of rotatable bonds is 1. The van der Waals surface area contributed by atoms with E-state index in [2.05, 4.69) is 45.1 Å². The van der Waals surface area contributed by atoms with Gasteiger partial charge in [-0.1, -0.05) is 34.5 Å². The van der Waals surface area contributed by atoms with Crippen molar-refractivity contribution in [3.05, 3.63) is 34.3 Å². The second-order valence-corrected chi connectivity index (χ2v) is 5.95. The Hall–Kier alpha value is -0.340. The Bertz CT molecular complexity index is 377. The summed E-state index contributed by atoms with van der Waals surface area (Å²) < 4.78 is 1.21. The minimum Gasteiger partial charge on any atom is -0.293 e. The van der Waals surface area contributed by atoms with Crippen LogP contribution >= 0.6 is 15.9 Å². The fraction of sp³-hybridized carbons (Fsp3) is 0.571. The predicted octanol–water partition coefficient (Wildman–Crippen LogP) is 4.14. The highest BCUT2D eigenvalue weighted by atomic mass is 79.9. The van der Waals surface area contributed by atoms with Crippen LogP contribution in [0.5, 0.6) is 0 Å². The first-order chi connectivity index (χ1) is 7.84. The van der Waals surface area contributed by atoms with Gasteiger partial charge >= 0.3 is 0 Å². The highest BCUT2D eigenvalue weighted by molar-refractivity contribution is 9.10. The summed E-state index contributed by atoms with van der Waals surface area (Å²) in [6.45, 7) is 1.31. The third kappa shape index (κ3) is 1.93. The van der Waals surface area contributed by atoms with E-state index in [1.165, 1.54) is 48.7 Å². The van der Waals surface area contributed by atoms with Gasteiger partial charge in [0.05, 0.1) is 0 Å². The maximum Gasteiger partial charge on any atom is 0.0352 e. The number of hydrogen-bond acceptors (Lipinski definition) is 1. The van der Waals surface area contributed by atoms with Crippen molar-refractivity contribution >= 4 is 15.9 Å². The van der Waals surface area contributed by atoms with Crippen LogP contribution in [0.25, 0.3) is 0 Å². The van der Waals surface area contributed by atoms with E-state index >= 15 is 0 Å². The van der Waals surface area contributed by atoms with Crippen LogP contribution in [-0.2, 0) is 0 Å². The van der Waals surface area contributed by atoms with Crippen LogP contribution in [0.3, 0.4) is 0 Å². The first-order valence-corrected chi connectivity index (χ1v) is 7.15. The predicted molar refractivity (Wildman–Crippen MR) is 70.5 cm³/mol. The first kappa shape index (κ1) is 10.8. The fourth-order valence-electron chi connectivity index (χ4n) is 3.33. The standard InChI is InChI=1S/C14H18BrN/c15-12-5-3-4-11(10-12)14-8-7-13-6-1-2-9-16(13)14/h3-5,10,13-14H,1-2,6-9H2. The Balaban J connectivity index is 1.85. The van der Waals surface area contributed by atoms with E-state index in [-0.39, 0.29) is 0 Å². The summed E-state index contributed by atoms with van der Waals surface area (Å²) in [5.74, 6) is 0. The first-order valence-electron chi connectivity index (χ1n) is 6.36. The number of fused-ring (bicyclic) bond motifs is 1. The van der Waals surface area contributed by atoms with E-state index in [1.807, 2.05) is 0 Å². The molecule has 2 unspecified atom stereocenters. The molecule has 1 aromatic rings. The lowest BCUT2D eigenvalue weighted by Gasteiger charge is -2.34. The van der Waals surface area contributed by atoms with Gasteiger partial charge in [0.25, 0.3) is 0 Å². The Morgan fingerprint density at radius 1 is 1.12 bits per heavy atom. The number of nitrogens with zero attached hydrogens (tertiary/aromatic N) is 1. The normalized spacial score (nSPS) is 30.3. The fourth-order valence-corrected chi connectivity index (χ4v) is 3.75. The molecule has 2 heterocycles. The van der Waals surface area contributed by atoms with Crippen molar-refractivity contribution in [1.82, 2.24) is 4.90 Å². The molecule has 2 fully saturated rings. The molecular weight excluding hydrogens is 262 g/mol. The van der Waals surface area contributed by atoms with Gasteiger partial charge in [-0.15, -0.1) is 0 Å². The van der Waals surface area contributed by atoms with Crippen molar-refractivity contribution in [1.29, 1.82) is 0 Å². The molecule has 0 bridgehead atoms. The SMILES string of the molecule is Brc1cccc(C2CCC3CCCCN32)c1. The smallest absolute Gasteiger partial charge is 0.0352 e. The van der Waals surface area contributed by atoms with Crippen LogP contribution in [0.4, 0.5) is 0 Å². The maximum atomic E-state index is 3.58. The summed E-state index contributed by atoms with van der Waals surface area (Å²) in [4.78, 5) is 2.74. The molecule has 2 aliphatic heterocycles. The third-order valence-corrected chi connectivity index (χ3v) is 4.57. The van der Waals surface area contributed by atoms with E-state index in [1.54, 1.807) is 0 Å². The second kappa shape index (κ2) is 4.50. The summed E-state index contributed by atoms with van der Waals surface area (Å²) in [6, 6.07) is 10.4. The molecule has 1 nitrogen and oxygen atoms in total. The van der Waals surface area contributed by atoms with Crippen LogP contribution in [0.1, 0.15) is 43.7 Å². The summed E-state index contributed by atoms with van der Waals surface area (Å²) in [5, 5.41) is 0. The summed E-state index contributed by atoms with van der Waals surface area (Å²) in [5.41, 5.74) is 1.50. The number of halogens is 1. The molecular formula is C14H18BrN. The molecule has 0 amide bonds. The van der Waals surface area contributed by atoms with Crippen molar-refractivity contribution in [2.75, 3.05) is 6.54 Å². The minimum absolute atomic E-state index is 0.683. The molecule has 0 N–H and O–H groups in total. The monoisotopic (exact) mass is 279 g/mol. The Kier molecular flexibility index (Phi) is 3.03. The van der Waals surface area contributed by atoms with Crippen LogP contribution in [0.15, 0.2) is 28.7 Å². The molecule has 1 aromatic carbocycles. The van der Waals surface area contributed by atoms with Crippen molar-refractivity contribution in [2.24, 2.45) is 0 Å². The molecule has 2 heteroatoms. The molecule has 2 atom stereocenters. The van der Waals surface area contributed by atoms with Crippen LogP contribution in [0.2, 0.25) is 0 Å². The Morgan fingerprint density at radius 3 is 2.94 bits per heavy atom. The number of piperidine rings is 1. The highest BCUT2D eigenvalue weighted by Crippen LogP contribution is 2.40. The van der Waals surface area contributed by atoms with Gasteiger partial charge in [-0.25, -0.2) is 0 Å². The van der Waals surface area contributed by atoms with E-state index in [0.29, 0.717) is 6.04 Å². The van der Waals surface area contributed by atoms with Gasteiger partial charge < -0.3 is 0 Å². The zero-order valence-corrected chi connectivity index (χ0v) is 11.1. The molecule has 0 saturated carbocycles. The van der Waals surface area contributed by atoms with Gasteiger partial charge in [0, 0.05) is 16.6 Å². The third-order valence-electron chi connectivity index (χ3n) is 4.08. The van der Waals surface area contributed by atoms with Crippen LogP contribution in [-0.4, -0.2) is 17.5 Å². The van der Waals surface area contributed by atoms with Crippen molar-refractivity contribution in [3.63, 3.8) is 0 Å². The van der Waals surface area contributed by atoms with E-state index in [9.17, 15) is 0 Å². The van der Waals surface area contributed by atoms with E-state index in [4.69, 9.17) is 0 Å². The molecule has 0 aromatic heterocycles. The molecule has 2 aliphatic rings. The van der Waals surface area contributed by atoms with Gasteiger partial charge in [-0.3, -0.25) is 4.90 Å². The summed E-state index contributed by atoms with van der Waals surface area (Å²) in [7, 11) is 0. The topological polar surface area (TPSA) is 3.24 Å². The van der Waals surface area contributed by atoms with Crippen molar-refractivity contribution in [3.8, 4) is 0 Å². The summed E-state index contributed by atoms with van der Waals surface area (Å²) in [6.07, 6.45) is 7.00. The molecule has 0 spiro atoms. The molecule has 2 saturated heterocycles. The zero-order valence-electron chi connectivity index (χ0n) is 9.53. The van der Waals surface area contributed by atoms with Gasteiger partial charge in [-0.2, -0.15) is 0 Å². The lowest BCUT2D eigenvalue weighted by atomic mass is 10.0. The lowest BCUT2D eigenvalue weighted by molar-refractivity contribution is 0.150. The van der Waals surface area contributed by atoms with Gasteiger partial charge in [-0.05, 0) is 49.9 Å². The minimum atomic E-state index is 0.683. The number of hydrogen-bond donors (Lipinski definition) is 0. The van der Waals surface area contributed by atoms with Crippen LogP contribution in [0, 0.1) is 0 Å². The highest BCUT2D eigenvalue weighted by Gasteiger charge is 2.35. The quantitative estimate of drug-likeness (QED) is 0.747. The molecule has 3 rings (SSSR count). The Labute approximate surface area is 106 Å². The van der Waals surface area contributed by atoms with Gasteiger partial charge in [0.2, 0.25) is 0 Å². The van der Waals surface area contributed by atoms with Crippen molar-refractivity contribution in [2.45, 2.75) is 44.2 Å². The second-order valence-electron chi connectivity index (χ2n) is 5.04. The molecule has 0 radical (unpaired) electrons. The van der Waals surface area contributed by atoms with Gasteiger partial charge in [0.15, 0.2) is 0 Å². The van der Waals surface area contributed by atoms with Gasteiger partial charge in [0.1, 0.15) is 0 Å². The average molecular weight is 280 g/mol. The zero-order chi connectivity index (χ0) is 11.0. The molecule has 0 aliphatic carbocycles. The molecule has 86 valence electrons. The Morgan fingerprint density at radius 2 is 2.06 bits per heavy atom. The maximum absolute atomic E-state index is 3.58. The van der Waals surface area contributed by atoms with E-state index < -0.39 is 0 Å². The average Bonchev–Trinajstić information content (AvgIpc) is 2.72. The van der Waals surface area contributed by atoms with E-state index in [0.717, 1.165) is 6.04 Å². The van der Waals surface area contributed by atoms with Crippen molar-refractivity contribution < 1.29 is 0 Å². The lowest BCUT2D eigenvalue weighted by Crippen LogP contribution is -2.35. The molecule has 16 heavy (non-hydrogen) atoms. The van der Waals surface area contributed by atoms with Crippen LogP contribution < -0.4 is 0 Å².